The van der Waals surface area contributed by atoms with Gasteiger partial charge in [0.05, 0.1) is 18.5 Å². The van der Waals surface area contributed by atoms with Crippen molar-refractivity contribution in [2.75, 3.05) is 7.05 Å². The second-order valence-electron chi connectivity index (χ2n) is 3.50. The van der Waals surface area contributed by atoms with Crippen molar-refractivity contribution in [3.8, 4) is 0 Å². The number of carbonyl (C=O) groups excluding carboxylic acids is 2. The molecule has 1 aromatic carbocycles. The third kappa shape index (κ3) is 2.32. The fourth-order valence-electron chi connectivity index (χ4n) is 1.60. The molecule has 1 aliphatic heterocycles. The van der Waals surface area contributed by atoms with Gasteiger partial charge in [0, 0.05) is 17.5 Å². The normalized spacial score (nSPS) is 15.1. The molecule has 1 aliphatic rings. The summed E-state index contributed by atoms with van der Waals surface area (Å²) in [5, 5.41) is 0. The summed E-state index contributed by atoms with van der Waals surface area (Å²) in [6, 6.07) is 5.10. The van der Waals surface area contributed by atoms with Gasteiger partial charge in [0.1, 0.15) is 0 Å². The largest absolute Gasteiger partial charge is 0.281 e. The molecule has 2 rings (SSSR count). The average molecular weight is 254 g/mol. The van der Waals surface area contributed by atoms with Crippen molar-refractivity contribution in [3.05, 3.63) is 29.3 Å². The first-order valence-corrected chi connectivity index (χ1v) is 5.51. The minimum atomic E-state index is -0.313. The van der Waals surface area contributed by atoms with Gasteiger partial charge in [0.25, 0.3) is 5.91 Å². The van der Waals surface area contributed by atoms with Gasteiger partial charge in [-0.15, -0.1) is 9.32 Å². The van der Waals surface area contributed by atoms with Crippen molar-refractivity contribution in [2.45, 2.75) is 11.3 Å². The zero-order chi connectivity index (χ0) is 12.4. The highest BCUT2D eigenvalue weighted by atomic mass is 32.2. The van der Waals surface area contributed by atoms with Crippen LogP contribution in [0.15, 0.2) is 23.1 Å². The van der Waals surface area contributed by atoms with Gasteiger partial charge in [-0.2, -0.15) is 5.90 Å². The van der Waals surface area contributed by atoms with Crippen LogP contribution in [-0.4, -0.2) is 23.8 Å². The van der Waals surface area contributed by atoms with E-state index >= 15 is 0 Å². The van der Waals surface area contributed by atoms with Gasteiger partial charge in [-0.3, -0.25) is 14.5 Å². The molecule has 0 saturated heterocycles. The summed E-state index contributed by atoms with van der Waals surface area (Å²) in [6.45, 7) is 0. The van der Waals surface area contributed by atoms with Crippen molar-refractivity contribution in [1.29, 1.82) is 0 Å². The number of nitrogens with zero attached hydrogens (tertiary/aromatic N) is 1. The number of benzene rings is 1. The van der Waals surface area contributed by atoms with Crippen LogP contribution in [0.5, 0.6) is 0 Å². The van der Waals surface area contributed by atoms with E-state index in [2.05, 4.69) is 9.32 Å². The van der Waals surface area contributed by atoms with Crippen molar-refractivity contribution in [3.63, 3.8) is 0 Å². The number of hydrogen-bond donors (Lipinski definition) is 1. The Bertz CT molecular complexity index is 477. The van der Waals surface area contributed by atoms with E-state index in [-0.39, 0.29) is 18.2 Å². The van der Waals surface area contributed by atoms with Crippen LogP contribution >= 0.6 is 12.0 Å². The molecule has 90 valence electrons. The van der Waals surface area contributed by atoms with E-state index in [1.54, 1.807) is 18.2 Å². The van der Waals surface area contributed by atoms with E-state index in [9.17, 15) is 9.59 Å². The first-order chi connectivity index (χ1) is 8.13. The maximum absolute atomic E-state index is 11.9. The Morgan fingerprint density at radius 3 is 2.88 bits per heavy atom. The monoisotopic (exact) mass is 254 g/mol. The molecule has 2 N–H and O–H groups in total. The molecule has 0 aliphatic carbocycles. The minimum absolute atomic E-state index is 0.204. The third-order valence-corrected chi connectivity index (χ3v) is 3.09. The lowest BCUT2D eigenvalue weighted by molar-refractivity contribution is -0.195. The molecule has 0 spiro atoms. The van der Waals surface area contributed by atoms with E-state index in [0.717, 1.165) is 22.5 Å². The molecule has 1 heterocycles. The first kappa shape index (κ1) is 12.1. The van der Waals surface area contributed by atoms with Crippen LogP contribution in [0.25, 0.3) is 0 Å². The second kappa shape index (κ2) is 4.84. The zero-order valence-corrected chi connectivity index (χ0v) is 9.82. The third-order valence-electron chi connectivity index (χ3n) is 2.50. The molecule has 0 unspecified atom stereocenters. The topological polar surface area (TPSA) is 81.9 Å². The quantitative estimate of drug-likeness (QED) is 0.369. The van der Waals surface area contributed by atoms with Crippen molar-refractivity contribution in [2.24, 2.45) is 5.90 Å². The fourth-order valence-corrected chi connectivity index (χ4v) is 2.00. The molecule has 0 radical (unpaired) electrons. The second-order valence-corrected chi connectivity index (χ2v) is 4.28. The molecule has 17 heavy (non-hydrogen) atoms. The molecule has 6 nitrogen and oxygen atoms in total. The van der Waals surface area contributed by atoms with Gasteiger partial charge in [-0.1, -0.05) is 6.07 Å². The summed E-state index contributed by atoms with van der Waals surface area (Å²) in [5.74, 6) is 4.20. The van der Waals surface area contributed by atoms with Gasteiger partial charge in [-0.25, -0.2) is 0 Å². The predicted molar refractivity (Wildman–Crippen MR) is 59.5 cm³/mol. The smallest absolute Gasteiger partial charge is 0.260 e. The van der Waals surface area contributed by atoms with E-state index in [4.69, 9.17) is 5.90 Å². The number of imide groups is 1. The summed E-state index contributed by atoms with van der Waals surface area (Å²) in [7, 11) is 1.47. The highest BCUT2D eigenvalue weighted by Gasteiger charge is 2.28. The summed E-state index contributed by atoms with van der Waals surface area (Å²) in [6.07, 6.45) is 0.233. The van der Waals surface area contributed by atoms with E-state index < -0.39 is 0 Å². The summed E-state index contributed by atoms with van der Waals surface area (Å²) >= 11 is 0.894. The molecular weight excluding hydrogens is 244 g/mol. The molecule has 1 aromatic rings. The van der Waals surface area contributed by atoms with Gasteiger partial charge in [-0.05, 0) is 17.7 Å². The summed E-state index contributed by atoms with van der Waals surface area (Å²) in [4.78, 5) is 29.1. The van der Waals surface area contributed by atoms with Crippen molar-refractivity contribution < 1.29 is 18.9 Å². The van der Waals surface area contributed by atoms with Gasteiger partial charge < -0.3 is 0 Å². The fraction of sp³-hybridized carbons (Fsp3) is 0.200. The van der Waals surface area contributed by atoms with Crippen LogP contribution in [0.2, 0.25) is 0 Å². The van der Waals surface area contributed by atoms with Gasteiger partial charge in [0.15, 0.2) is 0 Å². The molecule has 0 aromatic heterocycles. The lowest BCUT2D eigenvalue weighted by Gasteiger charge is -2.23. The Balaban J connectivity index is 2.32. The number of nitrogens with two attached hydrogens (primary N) is 1. The maximum atomic E-state index is 11.9. The highest BCUT2D eigenvalue weighted by Crippen LogP contribution is 2.26. The molecule has 0 atom stereocenters. The Labute approximate surface area is 102 Å². The molecule has 0 saturated carbocycles. The lowest BCUT2D eigenvalue weighted by atomic mass is 9.99. The molecule has 2 amide bonds. The van der Waals surface area contributed by atoms with Gasteiger partial charge in [0.2, 0.25) is 5.91 Å². The highest BCUT2D eigenvalue weighted by molar-refractivity contribution is 7.94. The number of hydrogen-bond acceptors (Lipinski definition) is 6. The van der Waals surface area contributed by atoms with Crippen LogP contribution in [-0.2, 0) is 20.5 Å². The molecule has 0 fully saturated rings. The minimum Gasteiger partial charge on any atom is -0.281 e. The van der Waals surface area contributed by atoms with Crippen LogP contribution in [0, 0.1) is 0 Å². The standard InChI is InChI=1S/C10H10N2O4S/c1-12-9(13)4-6-2-3-7(17-16-15-11)5-8(6)10(12)14/h2-3,5H,4,11H2,1H3. The SMILES string of the molecule is CN1C(=O)Cc2ccc(SOON)cc2C1=O. The number of carbonyl (C=O) groups is 2. The predicted octanol–water partition coefficient (Wildman–Crippen LogP) is 0.670. The Morgan fingerprint density at radius 2 is 2.18 bits per heavy atom. The molecule has 0 bridgehead atoms. The molecule has 7 heteroatoms. The first-order valence-electron chi connectivity index (χ1n) is 4.77. The lowest BCUT2D eigenvalue weighted by Crippen LogP contribution is -2.39. The van der Waals surface area contributed by atoms with E-state index in [0.29, 0.717) is 10.5 Å². The average Bonchev–Trinajstić information content (AvgIpc) is 2.34. The van der Waals surface area contributed by atoms with Crippen LogP contribution < -0.4 is 5.90 Å². The Morgan fingerprint density at radius 1 is 1.41 bits per heavy atom. The van der Waals surface area contributed by atoms with Gasteiger partial charge >= 0.3 is 0 Å². The number of fused-ring (bicyclic) bond motifs is 1. The summed E-state index contributed by atoms with van der Waals surface area (Å²) in [5.41, 5.74) is 1.22. The maximum Gasteiger partial charge on any atom is 0.260 e. The summed E-state index contributed by atoms with van der Waals surface area (Å²) < 4.78 is 4.50. The number of amides is 2. The molecular formula is C10H10N2O4S. The van der Waals surface area contributed by atoms with E-state index in [1.165, 1.54) is 7.05 Å². The van der Waals surface area contributed by atoms with Crippen LogP contribution in [0.3, 0.4) is 0 Å². The Kier molecular flexibility index (Phi) is 3.43. The van der Waals surface area contributed by atoms with Crippen LogP contribution in [0.4, 0.5) is 0 Å². The Hall–Kier alpha value is -1.41. The van der Waals surface area contributed by atoms with Crippen LogP contribution in [0.1, 0.15) is 15.9 Å². The van der Waals surface area contributed by atoms with Crippen molar-refractivity contribution >= 4 is 23.9 Å². The zero-order valence-electron chi connectivity index (χ0n) is 9.00. The van der Waals surface area contributed by atoms with Crippen molar-refractivity contribution in [1.82, 2.24) is 4.90 Å². The van der Waals surface area contributed by atoms with E-state index in [1.807, 2.05) is 0 Å². The number of rotatable bonds is 3. The number of likely N-dealkylation sites (N-methyl/N-ethyl adjacent to an activating group) is 1.